The molecule has 3 rings (SSSR count). The molecule has 0 saturated carbocycles. The third-order valence-electron chi connectivity index (χ3n) is 5.49. The molecule has 0 aliphatic heterocycles. The van der Waals surface area contributed by atoms with Crippen molar-refractivity contribution in [3.63, 3.8) is 0 Å². The number of ketones is 1. The summed E-state index contributed by atoms with van der Waals surface area (Å²) in [6.45, 7) is 1.67. The molecule has 0 aliphatic rings. The van der Waals surface area contributed by atoms with Gasteiger partial charge in [0.15, 0.2) is 0 Å². The van der Waals surface area contributed by atoms with Crippen LogP contribution in [0, 0.1) is 0 Å². The molecule has 3 heteroatoms. The molecule has 0 amide bonds. The Morgan fingerprint density at radius 1 is 0.742 bits per heavy atom. The lowest BCUT2D eigenvalue weighted by atomic mass is 9.87. The average molecular weight is 413 g/mol. The van der Waals surface area contributed by atoms with E-state index in [9.17, 15) is 4.79 Å². The Morgan fingerprint density at radius 2 is 1.19 bits per heavy atom. The SMILES string of the molecule is CC(=O)C[C@H](C=C(c1ccc(N(C)C)cc1)c1ccc(N(C)C)cc1)c1ccccc1. The highest BCUT2D eigenvalue weighted by Crippen LogP contribution is 2.32. The quantitative estimate of drug-likeness (QED) is 0.452. The van der Waals surface area contributed by atoms with Crippen LogP contribution in [0.4, 0.5) is 11.4 Å². The molecule has 0 aliphatic carbocycles. The van der Waals surface area contributed by atoms with Crippen LogP contribution in [0.5, 0.6) is 0 Å². The topological polar surface area (TPSA) is 23.6 Å². The molecule has 0 N–H and O–H groups in total. The van der Waals surface area contributed by atoms with Crippen molar-refractivity contribution in [3.8, 4) is 0 Å². The number of carbonyl (C=O) groups excluding carboxylic acids is 1. The van der Waals surface area contributed by atoms with E-state index < -0.39 is 0 Å². The summed E-state index contributed by atoms with van der Waals surface area (Å²) in [5.41, 5.74) is 6.92. The van der Waals surface area contributed by atoms with E-state index in [2.05, 4.69) is 76.5 Å². The lowest BCUT2D eigenvalue weighted by molar-refractivity contribution is -0.117. The Labute approximate surface area is 186 Å². The number of anilines is 2. The summed E-state index contributed by atoms with van der Waals surface area (Å²) in [6.07, 6.45) is 2.74. The van der Waals surface area contributed by atoms with E-state index in [0.717, 1.165) is 33.6 Å². The van der Waals surface area contributed by atoms with Crippen molar-refractivity contribution in [2.45, 2.75) is 19.3 Å². The van der Waals surface area contributed by atoms with Crippen LogP contribution in [0.15, 0.2) is 84.9 Å². The van der Waals surface area contributed by atoms with Gasteiger partial charge in [-0.15, -0.1) is 0 Å². The second-order valence-electron chi connectivity index (χ2n) is 8.39. The number of Topliss-reactive ketones (excluding diaryl/α,β-unsaturated/α-hetero) is 1. The molecular weight excluding hydrogens is 380 g/mol. The Bertz CT molecular complexity index is 963. The van der Waals surface area contributed by atoms with Crippen LogP contribution in [0.2, 0.25) is 0 Å². The minimum Gasteiger partial charge on any atom is -0.378 e. The first-order valence-electron chi connectivity index (χ1n) is 10.7. The molecule has 0 fully saturated rings. The van der Waals surface area contributed by atoms with Crippen molar-refractivity contribution < 1.29 is 4.79 Å². The number of carbonyl (C=O) groups is 1. The number of hydrogen-bond acceptors (Lipinski definition) is 3. The van der Waals surface area contributed by atoms with Gasteiger partial charge in [0.1, 0.15) is 5.78 Å². The normalized spacial score (nSPS) is 11.5. The fourth-order valence-corrected chi connectivity index (χ4v) is 3.72. The van der Waals surface area contributed by atoms with Crippen molar-refractivity contribution in [3.05, 3.63) is 102 Å². The van der Waals surface area contributed by atoms with Gasteiger partial charge in [0.25, 0.3) is 0 Å². The van der Waals surface area contributed by atoms with Crippen LogP contribution < -0.4 is 9.80 Å². The summed E-state index contributed by atoms with van der Waals surface area (Å²) < 4.78 is 0. The van der Waals surface area contributed by atoms with Crippen LogP contribution in [0.25, 0.3) is 5.57 Å². The summed E-state index contributed by atoms with van der Waals surface area (Å²) in [4.78, 5) is 16.3. The van der Waals surface area contributed by atoms with E-state index in [1.165, 1.54) is 0 Å². The van der Waals surface area contributed by atoms with E-state index in [1.54, 1.807) is 6.92 Å². The molecule has 0 aromatic heterocycles. The van der Waals surface area contributed by atoms with Crippen LogP contribution >= 0.6 is 0 Å². The molecule has 1 atom stereocenters. The predicted octanol–water partition coefficient (Wildman–Crippen LogP) is 6.01. The zero-order valence-corrected chi connectivity index (χ0v) is 19.2. The lowest BCUT2D eigenvalue weighted by Gasteiger charge is -2.19. The Morgan fingerprint density at radius 3 is 1.58 bits per heavy atom. The highest BCUT2D eigenvalue weighted by molar-refractivity contribution is 5.83. The number of nitrogens with zero attached hydrogens (tertiary/aromatic N) is 2. The third-order valence-corrected chi connectivity index (χ3v) is 5.49. The van der Waals surface area contributed by atoms with Gasteiger partial charge in [-0.2, -0.15) is 0 Å². The van der Waals surface area contributed by atoms with E-state index in [-0.39, 0.29) is 11.7 Å². The second kappa shape index (κ2) is 10.1. The number of benzene rings is 3. The largest absolute Gasteiger partial charge is 0.378 e. The molecule has 0 unspecified atom stereocenters. The molecule has 3 aromatic rings. The standard InChI is InChI=1S/C28H32N2O/c1-21(31)19-25(22-9-7-6-8-10-22)20-28(23-11-15-26(16-12-23)29(2)3)24-13-17-27(18-14-24)30(4)5/h6-18,20,25H,19H2,1-5H3/t25-/m1/s1. The van der Waals surface area contributed by atoms with Crippen LogP contribution in [0.3, 0.4) is 0 Å². The number of rotatable bonds is 8. The molecule has 31 heavy (non-hydrogen) atoms. The number of hydrogen-bond donors (Lipinski definition) is 0. The maximum absolute atomic E-state index is 12.1. The molecular formula is C28H32N2O. The van der Waals surface area contributed by atoms with Crippen molar-refractivity contribution >= 4 is 22.7 Å². The molecule has 0 heterocycles. The number of allylic oxidation sites excluding steroid dienone is 1. The Balaban J connectivity index is 2.11. The van der Waals surface area contributed by atoms with Gasteiger partial charge in [-0.25, -0.2) is 0 Å². The molecule has 0 spiro atoms. The molecule has 0 bridgehead atoms. The van der Waals surface area contributed by atoms with E-state index >= 15 is 0 Å². The van der Waals surface area contributed by atoms with Crippen molar-refractivity contribution in [2.75, 3.05) is 38.0 Å². The van der Waals surface area contributed by atoms with Gasteiger partial charge in [0.2, 0.25) is 0 Å². The highest BCUT2D eigenvalue weighted by atomic mass is 16.1. The van der Waals surface area contributed by atoms with Crippen molar-refractivity contribution in [1.29, 1.82) is 0 Å². The van der Waals surface area contributed by atoms with Gasteiger partial charge in [0, 0.05) is 51.9 Å². The highest BCUT2D eigenvalue weighted by Gasteiger charge is 2.15. The smallest absolute Gasteiger partial charge is 0.130 e. The van der Waals surface area contributed by atoms with Crippen LogP contribution in [-0.2, 0) is 4.79 Å². The molecule has 160 valence electrons. The second-order valence-corrected chi connectivity index (χ2v) is 8.39. The average Bonchev–Trinajstić information content (AvgIpc) is 2.77. The first-order valence-corrected chi connectivity index (χ1v) is 10.7. The van der Waals surface area contributed by atoms with Gasteiger partial charge in [0.05, 0.1) is 0 Å². The van der Waals surface area contributed by atoms with Crippen molar-refractivity contribution in [1.82, 2.24) is 0 Å². The van der Waals surface area contributed by atoms with E-state index in [4.69, 9.17) is 0 Å². The summed E-state index contributed by atoms with van der Waals surface area (Å²) in [5, 5.41) is 0. The van der Waals surface area contributed by atoms with Crippen LogP contribution in [0.1, 0.15) is 36.0 Å². The molecule has 0 radical (unpaired) electrons. The summed E-state index contributed by atoms with van der Waals surface area (Å²) >= 11 is 0. The molecule has 3 aromatic carbocycles. The fourth-order valence-electron chi connectivity index (χ4n) is 3.72. The summed E-state index contributed by atoms with van der Waals surface area (Å²) in [6, 6.07) is 27.5. The fraction of sp³-hybridized carbons (Fsp3) is 0.250. The van der Waals surface area contributed by atoms with E-state index in [0.29, 0.717) is 6.42 Å². The predicted molar refractivity (Wildman–Crippen MR) is 133 cm³/mol. The first-order chi connectivity index (χ1) is 14.8. The van der Waals surface area contributed by atoms with Crippen LogP contribution in [-0.4, -0.2) is 34.0 Å². The monoisotopic (exact) mass is 412 g/mol. The lowest BCUT2D eigenvalue weighted by Crippen LogP contribution is -2.09. The maximum atomic E-state index is 12.1. The molecule has 0 saturated heterocycles. The Hall–Kier alpha value is -3.33. The van der Waals surface area contributed by atoms with Crippen molar-refractivity contribution in [2.24, 2.45) is 0 Å². The Kier molecular flexibility index (Phi) is 7.30. The van der Waals surface area contributed by atoms with Gasteiger partial charge in [-0.3, -0.25) is 4.79 Å². The van der Waals surface area contributed by atoms with Gasteiger partial charge in [-0.05, 0) is 53.5 Å². The summed E-state index contributed by atoms with van der Waals surface area (Å²) in [5.74, 6) is 0.214. The first kappa shape index (κ1) is 22.4. The summed E-state index contributed by atoms with van der Waals surface area (Å²) in [7, 11) is 8.18. The minimum atomic E-state index is 0.0238. The zero-order chi connectivity index (χ0) is 22.4. The maximum Gasteiger partial charge on any atom is 0.130 e. The van der Waals surface area contributed by atoms with Gasteiger partial charge >= 0.3 is 0 Å². The van der Waals surface area contributed by atoms with E-state index in [1.807, 2.05) is 46.4 Å². The third kappa shape index (κ3) is 5.85. The van der Waals surface area contributed by atoms with Gasteiger partial charge in [-0.1, -0.05) is 60.7 Å². The minimum absolute atomic E-state index is 0.0238. The van der Waals surface area contributed by atoms with Gasteiger partial charge < -0.3 is 9.80 Å². The molecule has 3 nitrogen and oxygen atoms in total. The zero-order valence-electron chi connectivity index (χ0n) is 19.2.